The smallest absolute Gasteiger partial charge is 0.312 e. The van der Waals surface area contributed by atoms with Gasteiger partial charge in [-0.3, -0.25) is 18.7 Å². The van der Waals surface area contributed by atoms with Crippen LogP contribution in [0.4, 0.5) is 0 Å². The average molecular weight is 760 g/mol. The first-order valence-corrected chi connectivity index (χ1v) is 18.1. The summed E-state index contributed by atoms with van der Waals surface area (Å²) in [5.41, 5.74) is 0.987. The summed E-state index contributed by atoms with van der Waals surface area (Å²) >= 11 is 0. The first kappa shape index (κ1) is 36.8. The third-order valence-corrected chi connectivity index (χ3v) is 10.0. The van der Waals surface area contributed by atoms with Crippen LogP contribution in [0.2, 0.25) is 0 Å². The number of carbonyl (C=O) groups is 1. The maximum absolute atomic E-state index is 14.0. The second-order valence-corrected chi connectivity index (χ2v) is 14.6. The third kappa shape index (κ3) is 6.32. The van der Waals surface area contributed by atoms with E-state index in [-0.39, 0.29) is 42.3 Å². The van der Waals surface area contributed by atoms with E-state index < -0.39 is 41.0 Å². The van der Waals surface area contributed by atoms with Crippen LogP contribution < -0.4 is 15.0 Å². The minimum Gasteiger partial charge on any atom is -0.497 e. The van der Waals surface area contributed by atoms with E-state index in [1.807, 2.05) is 78.9 Å². The maximum Gasteiger partial charge on any atom is 0.312 e. The summed E-state index contributed by atoms with van der Waals surface area (Å²) in [5, 5.41) is 11.5. The lowest BCUT2D eigenvalue weighted by Crippen LogP contribution is -2.38. The van der Waals surface area contributed by atoms with Gasteiger partial charge in [-0.1, -0.05) is 54.6 Å². The zero-order chi connectivity index (χ0) is 39.2. The van der Waals surface area contributed by atoms with E-state index >= 15 is 0 Å². The molecule has 288 valence electrons. The van der Waals surface area contributed by atoms with Crippen molar-refractivity contribution in [2.24, 2.45) is 5.41 Å². The highest BCUT2D eigenvalue weighted by molar-refractivity contribution is 5.79. The first-order valence-electron chi connectivity index (χ1n) is 18.1. The molecule has 1 aliphatic heterocycles. The van der Waals surface area contributed by atoms with Crippen molar-refractivity contribution >= 4 is 34.2 Å². The van der Waals surface area contributed by atoms with E-state index in [9.17, 15) is 14.7 Å². The Morgan fingerprint density at radius 2 is 1.45 bits per heavy atom. The molecule has 0 aliphatic carbocycles. The first-order chi connectivity index (χ1) is 27.0. The van der Waals surface area contributed by atoms with Crippen LogP contribution in [0.3, 0.4) is 0 Å². The minimum atomic E-state index is -1.13. The number of aliphatic hydroxyl groups is 1. The summed E-state index contributed by atoms with van der Waals surface area (Å²) in [6.07, 6.45) is 2.11. The molecule has 5 heterocycles. The third-order valence-electron chi connectivity index (χ3n) is 10.0. The van der Waals surface area contributed by atoms with E-state index in [4.69, 9.17) is 28.7 Å². The topological polar surface area (TPSA) is 166 Å². The zero-order valence-corrected chi connectivity index (χ0v) is 31.5. The summed E-state index contributed by atoms with van der Waals surface area (Å²) in [5.74, 6) is 1.10. The molecule has 3 aromatic carbocycles. The van der Waals surface area contributed by atoms with E-state index in [0.717, 1.165) is 16.7 Å². The molecule has 1 aliphatic rings. The number of hydrogen-bond acceptors (Lipinski definition) is 12. The van der Waals surface area contributed by atoms with Gasteiger partial charge in [0.25, 0.3) is 5.56 Å². The van der Waals surface area contributed by atoms with Crippen molar-refractivity contribution in [1.82, 2.24) is 33.5 Å². The molecule has 0 radical (unpaired) electrons. The second-order valence-electron chi connectivity index (χ2n) is 14.6. The Morgan fingerprint density at radius 3 is 2.05 bits per heavy atom. The van der Waals surface area contributed by atoms with Crippen molar-refractivity contribution in [2.45, 2.75) is 58.0 Å². The summed E-state index contributed by atoms with van der Waals surface area (Å²) in [4.78, 5) is 44.8. The van der Waals surface area contributed by atoms with Crippen molar-refractivity contribution in [3.8, 4) is 11.5 Å². The Kier molecular flexibility index (Phi) is 9.52. The molecule has 4 aromatic heterocycles. The van der Waals surface area contributed by atoms with Crippen LogP contribution in [0, 0.1) is 5.41 Å². The highest BCUT2D eigenvalue weighted by Crippen LogP contribution is 2.43. The molecule has 15 nitrogen and oxygen atoms in total. The lowest BCUT2D eigenvalue weighted by Gasteiger charge is -2.37. The van der Waals surface area contributed by atoms with Crippen molar-refractivity contribution in [2.75, 3.05) is 20.8 Å². The van der Waals surface area contributed by atoms with Crippen LogP contribution in [0.1, 0.15) is 50.1 Å². The van der Waals surface area contributed by atoms with Gasteiger partial charge < -0.3 is 28.8 Å². The van der Waals surface area contributed by atoms with Crippen LogP contribution in [0.25, 0.3) is 28.2 Å². The van der Waals surface area contributed by atoms with Gasteiger partial charge in [0.1, 0.15) is 29.4 Å². The number of aromatic nitrogens is 7. The zero-order valence-electron chi connectivity index (χ0n) is 31.5. The number of carbonyl (C=O) groups excluding carboxylic acids is 1. The number of esters is 1. The number of nitrogens with zero attached hydrogens (tertiary/aromatic N) is 7. The van der Waals surface area contributed by atoms with Gasteiger partial charge in [0.15, 0.2) is 29.2 Å². The van der Waals surface area contributed by atoms with Gasteiger partial charge in [0, 0.05) is 18.8 Å². The minimum absolute atomic E-state index is 0.0116. The molecular formula is C41H41N7O8. The number of aliphatic hydroxyl groups excluding tert-OH is 1. The molecule has 1 fully saturated rings. The molecular weight excluding hydrogens is 718 g/mol. The van der Waals surface area contributed by atoms with Crippen LogP contribution in [-0.2, 0) is 31.3 Å². The number of benzene rings is 3. The molecule has 56 heavy (non-hydrogen) atoms. The summed E-state index contributed by atoms with van der Waals surface area (Å²) in [7, 11) is 3.23. The molecule has 0 bridgehead atoms. The number of imidazole rings is 2. The highest BCUT2D eigenvalue weighted by atomic mass is 16.6. The summed E-state index contributed by atoms with van der Waals surface area (Å²) < 4.78 is 34.6. The van der Waals surface area contributed by atoms with Crippen LogP contribution in [0.5, 0.6) is 11.5 Å². The Morgan fingerprint density at radius 1 is 0.839 bits per heavy atom. The van der Waals surface area contributed by atoms with Crippen molar-refractivity contribution in [1.29, 1.82) is 0 Å². The molecule has 8 rings (SSSR count). The Labute approximate surface area is 321 Å². The monoisotopic (exact) mass is 759 g/mol. The average Bonchev–Trinajstić information content (AvgIpc) is 3.91. The second kappa shape index (κ2) is 14.5. The summed E-state index contributed by atoms with van der Waals surface area (Å²) in [6.45, 7) is 4.99. The van der Waals surface area contributed by atoms with Crippen LogP contribution in [0.15, 0.2) is 102 Å². The quantitative estimate of drug-likeness (QED) is 0.139. The standard InChI is InChI=1S/C41H41N7O8/c1-40(2,3)38(51)54-24-47-35-36(43-20-19-42-35)48-37(50)33-34(45-39(47)48)46(23-44-33)32-21-30(49)31(56-32)22-55-41(25-9-7-6-8-10-25,26-11-15-28(52-4)16-12-26)27-13-17-29(53-5)18-14-27/h6-20,23,30-32,49H,21-22,24H2,1-5H3/t30-,31+,32+/m0/s1. The summed E-state index contributed by atoms with van der Waals surface area (Å²) in [6, 6.07) is 25.2. The van der Waals surface area contributed by atoms with Crippen molar-refractivity contribution in [3.05, 3.63) is 125 Å². The SMILES string of the molecule is COc1ccc(C(OC[C@H]2O[C@@H](n3cnc4c(=O)n5c6nccnc6n(COC(=O)C(C)(C)C)c5nc43)C[C@@H]2O)(c2ccccc2)c2ccc(OC)cc2)cc1. The number of ether oxygens (including phenoxy) is 5. The molecule has 0 saturated carbocycles. The number of rotatable bonds is 11. The van der Waals surface area contributed by atoms with Gasteiger partial charge in [-0.15, -0.1) is 0 Å². The van der Waals surface area contributed by atoms with Gasteiger partial charge >= 0.3 is 5.97 Å². The largest absolute Gasteiger partial charge is 0.497 e. The molecule has 0 unspecified atom stereocenters. The van der Waals surface area contributed by atoms with Crippen LogP contribution in [-0.4, -0.2) is 77.6 Å². The molecule has 15 heteroatoms. The predicted octanol–water partition coefficient (Wildman–Crippen LogP) is 5.01. The highest BCUT2D eigenvalue weighted by Gasteiger charge is 2.42. The molecule has 7 aromatic rings. The molecule has 0 spiro atoms. The van der Waals surface area contributed by atoms with E-state index in [1.54, 1.807) is 39.6 Å². The molecule has 1 saturated heterocycles. The van der Waals surface area contributed by atoms with E-state index in [0.29, 0.717) is 17.1 Å². The number of hydrogen-bond donors (Lipinski definition) is 1. The van der Waals surface area contributed by atoms with Gasteiger partial charge in [0.05, 0.1) is 38.7 Å². The fourth-order valence-corrected chi connectivity index (χ4v) is 7.08. The van der Waals surface area contributed by atoms with Crippen molar-refractivity contribution < 1.29 is 33.6 Å². The predicted molar refractivity (Wildman–Crippen MR) is 204 cm³/mol. The molecule has 3 atom stereocenters. The Hall–Kier alpha value is -6.16. The fraction of sp³-hybridized carbons (Fsp3) is 0.317. The normalized spacial score (nSPS) is 17.5. The lowest BCUT2D eigenvalue weighted by atomic mass is 9.80. The van der Waals surface area contributed by atoms with Gasteiger partial charge in [-0.25, -0.2) is 19.4 Å². The van der Waals surface area contributed by atoms with E-state index in [1.165, 1.54) is 27.7 Å². The number of fused-ring (bicyclic) bond motifs is 4. The van der Waals surface area contributed by atoms with Gasteiger partial charge in [-0.05, 0) is 61.7 Å². The molecule has 0 amide bonds. The fourth-order valence-electron chi connectivity index (χ4n) is 7.08. The van der Waals surface area contributed by atoms with Crippen LogP contribution >= 0.6 is 0 Å². The van der Waals surface area contributed by atoms with Crippen molar-refractivity contribution in [3.63, 3.8) is 0 Å². The lowest BCUT2D eigenvalue weighted by molar-refractivity contribution is -0.156. The Bertz CT molecular complexity index is 2530. The number of methoxy groups -OCH3 is 2. The van der Waals surface area contributed by atoms with E-state index in [2.05, 4.69) is 15.0 Å². The Balaban J connectivity index is 1.15. The maximum atomic E-state index is 14.0. The van der Waals surface area contributed by atoms with Gasteiger partial charge in [0.2, 0.25) is 5.78 Å². The molecule has 1 N–H and O–H groups in total. The van der Waals surface area contributed by atoms with Gasteiger partial charge in [-0.2, -0.15) is 4.98 Å².